The van der Waals surface area contributed by atoms with Gasteiger partial charge in [0.2, 0.25) is 0 Å². The molecular formula is C15H19NO4. The summed E-state index contributed by atoms with van der Waals surface area (Å²) in [5, 5.41) is 9.27. The number of methoxy groups -OCH3 is 1. The van der Waals surface area contributed by atoms with Crippen LogP contribution in [0.25, 0.3) is 0 Å². The average molecular weight is 277 g/mol. The summed E-state index contributed by atoms with van der Waals surface area (Å²) in [6, 6.07) is 4.68. The van der Waals surface area contributed by atoms with Crippen LogP contribution in [0, 0.1) is 13.8 Å². The van der Waals surface area contributed by atoms with Crippen molar-refractivity contribution in [3.63, 3.8) is 0 Å². The van der Waals surface area contributed by atoms with Crippen LogP contribution in [0.5, 0.6) is 0 Å². The van der Waals surface area contributed by atoms with Crippen molar-refractivity contribution in [2.75, 3.05) is 13.7 Å². The number of amides is 1. The van der Waals surface area contributed by atoms with E-state index in [1.807, 2.05) is 26.0 Å². The van der Waals surface area contributed by atoms with Crippen LogP contribution < -0.4 is 0 Å². The lowest BCUT2D eigenvalue weighted by molar-refractivity contribution is -0.141. The molecule has 1 aliphatic rings. The number of hydrogen-bond donors (Lipinski definition) is 1. The second kappa shape index (κ2) is 5.63. The normalized spacial score (nSPS) is 22.1. The highest BCUT2D eigenvalue weighted by atomic mass is 16.5. The Morgan fingerprint density at radius 2 is 2.05 bits per heavy atom. The van der Waals surface area contributed by atoms with Gasteiger partial charge in [0.15, 0.2) is 0 Å². The van der Waals surface area contributed by atoms with Crippen LogP contribution in [0.1, 0.15) is 27.9 Å². The van der Waals surface area contributed by atoms with Crippen LogP contribution in [-0.2, 0) is 9.53 Å². The van der Waals surface area contributed by atoms with Crippen LogP contribution in [0.3, 0.4) is 0 Å². The fourth-order valence-corrected chi connectivity index (χ4v) is 2.56. The lowest BCUT2D eigenvalue weighted by Crippen LogP contribution is -2.40. The van der Waals surface area contributed by atoms with Crippen LogP contribution in [0.15, 0.2) is 18.2 Å². The Balaban J connectivity index is 2.31. The number of carbonyl (C=O) groups is 2. The second-order valence-corrected chi connectivity index (χ2v) is 5.15. The third-order valence-electron chi connectivity index (χ3n) is 3.98. The molecule has 5 heteroatoms. The first-order valence-corrected chi connectivity index (χ1v) is 6.58. The van der Waals surface area contributed by atoms with Crippen molar-refractivity contribution in [1.29, 1.82) is 0 Å². The van der Waals surface area contributed by atoms with Gasteiger partial charge in [-0.1, -0.05) is 12.1 Å². The van der Waals surface area contributed by atoms with Crippen LogP contribution in [0.4, 0.5) is 0 Å². The third-order valence-corrected chi connectivity index (χ3v) is 3.98. The average Bonchev–Trinajstić information content (AvgIpc) is 2.85. The number of carboxylic acids is 1. The van der Waals surface area contributed by atoms with Crippen molar-refractivity contribution in [2.24, 2.45) is 0 Å². The van der Waals surface area contributed by atoms with E-state index in [1.54, 1.807) is 6.07 Å². The molecule has 2 unspecified atom stereocenters. The number of ether oxygens (including phenoxy) is 1. The first-order chi connectivity index (χ1) is 9.45. The minimum atomic E-state index is -0.983. The van der Waals surface area contributed by atoms with Gasteiger partial charge in [-0.15, -0.1) is 0 Å². The summed E-state index contributed by atoms with van der Waals surface area (Å²) in [7, 11) is 1.54. The summed E-state index contributed by atoms with van der Waals surface area (Å²) in [5.74, 6) is -1.22. The van der Waals surface area contributed by atoms with Crippen molar-refractivity contribution in [2.45, 2.75) is 32.4 Å². The zero-order valence-corrected chi connectivity index (χ0v) is 11.9. The topological polar surface area (TPSA) is 66.8 Å². The molecule has 0 saturated carbocycles. The van der Waals surface area contributed by atoms with Gasteiger partial charge in [-0.25, -0.2) is 4.79 Å². The molecule has 1 aromatic carbocycles. The van der Waals surface area contributed by atoms with Crippen molar-refractivity contribution in [3.8, 4) is 0 Å². The highest BCUT2D eigenvalue weighted by Gasteiger charge is 2.40. The maximum Gasteiger partial charge on any atom is 0.326 e. The lowest BCUT2D eigenvalue weighted by Gasteiger charge is -2.22. The number of aliphatic carboxylic acids is 1. The Morgan fingerprint density at radius 3 is 2.65 bits per heavy atom. The summed E-state index contributed by atoms with van der Waals surface area (Å²) >= 11 is 0. The molecule has 2 rings (SSSR count). The smallest absolute Gasteiger partial charge is 0.326 e. The second-order valence-electron chi connectivity index (χ2n) is 5.15. The van der Waals surface area contributed by atoms with Gasteiger partial charge < -0.3 is 14.7 Å². The molecule has 0 aliphatic carbocycles. The van der Waals surface area contributed by atoms with Crippen molar-refractivity contribution in [3.05, 3.63) is 34.9 Å². The van der Waals surface area contributed by atoms with E-state index in [0.29, 0.717) is 18.5 Å². The minimum Gasteiger partial charge on any atom is -0.480 e. The summed E-state index contributed by atoms with van der Waals surface area (Å²) in [4.78, 5) is 25.3. The number of rotatable bonds is 3. The van der Waals surface area contributed by atoms with E-state index in [1.165, 1.54) is 12.0 Å². The molecule has 1 amide bonds. The van der Waals surface area contributed by atoms with Crippen LogP contribution in [0.2, 0.25) is 0 Å². The number of hydrogen-bond acceptors (Lipinski definition) is 3. The fraction of sp³-hybridized carbons (Fsp3) is 0.467. The molecule has 1 aromatic rings. The summed E-state index contributed by atoms with van der Waals surface area (Å²) in [6.07, 6.45) is 0.118. The van der Waals surface area contributed by atoms with Gasteiger partial charge >= 0.3 is 5.97 Å². The van der Waals surface area contributed by atoms with Crippen molar-refractivity contribution < 1.29 is 19.4 Å². The first-order valence-electron chi connectivity index (χ1n) is 6.58. The summed E-state index contributed by atoms with van der Waals surface area (Å²) < 4.78 is 5.20. The van der Waals surface area contributed by atoms with Gasteiger partial charge in [0.05, 0.1) is 6.10 Å². The highest BCUT2D eigenvalue weighted by molar-refractivity contribution is 5.98. The predicted molar refractivity (Wildman–Crippen MR) is 73.8 cm³/mol. The van der Waals surface area contributed by atoms with E-state index in [9.17, 15) is 14.7 Å². The number of carboxylic acid groups (broad SMARTS) is 1. The van der Waals surface area contributed by atoms with Gasteiger partial charge in [0.1, 0.15) is 6.04 Å². The molecule has 0 aromatic heterocycles. The standard InChI is InChI=1S/C15H19NO4/c1-9-5-4-6-12(10(9)2)14(17)16-8-11(20-3)7-13(16)15(18)19/h4-6,11,13H,7-8H2,1-3H3,(H,18,19). The van der Waals surface area contributed by atoms with Gasteiger partial charge in [-0.2, -0.15) is 0 Å². The van der Waals surface area contributed by atoms with E-state index in [0.717, 1.165) is 11.1 Å². The van der Waals surface area contributed by atoms with Crippen LogP contribution in [-0.4, -0.2) is 47.7 Å². The van der Waals surface area contributed by atoms with E-state index in [4.69, 9.17) is 4.74 Å². The monoisotopic (exact) mass is 277 g/mol. The summed E-state index contributed by atoms with van der Waals surface area (Å²) in [5.41, 5.74) is 2.47. The quantitative estimate of drug-likeness (QED) is 0.911. The number of nitrogens with zero attached hydrogens (tertiary/aromatic N) is 1. The Hall–Kier alpha value is -1.88. The van der Waals surface area contributed by atoms with E-state index in [-0.39, 0.29) is 12.0 Å². The third kappa shape index (κ3) is 2.54. The van der Waals surface area contributed by atoms with E-state index >= 15 is 0 Å². The lowest BCUT2D eigenvalue weighted by atomic mass is 10.0. The molecule has 108 valence electrons. The molecule has 0 radical (unpaired) electrons. The molecule has 20 heavy (non-hydrogen) atoms. The number of aryl methyl sites for hydroxylation is 1. The van der Waals surface area contributed by atoms with Gasteiger partial charge in [0.25, 0.3) is 5.91 Å². The SMILES string of the molecule is COC1CC(C(=O)O)N(C(=O)c2cccc(C)c2C)C1. The largest absolute Gasteiger partial charge is 0.480 e. The molecular weight excluding hydrogens is 258 g/mol. The van der Waals surface area contributed by atoms with Crippen molar-refractivity contribution >= 4 is 11.9 Å². The molecule has 0 bridgehead atoms. The number of benzene rings is 1. The zero-order chi connectivity index (χ0) is 14.9. The van der Waals surface area contributed by atoms with Gasteiger partial charge in [0, 0.05) is 25.6 Å². The molecule has 1 fully saturated rings. The van der Waals surface area contributed by atoms with Gasteiger partial charge in [-0.05, 0) is 31.0 Å². The molecule has 1 aliphatic heterocycles. The van der Waals surface area contributed by atoms with E-state index in [2.05, 4.69) is 0 Å². The number of likely N-dealkylation sites (tertiary alicyclic amines) is 1. The predicted octanol–water partition coefficient (Wildman–Crippen LogP) is 1.62. The Bertz CT molecular complexity index is 541. The zero-order valence-electron chi connectivity index (χ0n) is 11.9. The molecule has 2 atom stereocenters. The molecule has 1 saturated heterocycles. The van der Waals surface area contributed by atoms with Gasteiger partial charge in [-0.3, -0.25) is 4.79 Å². The molecule has 1 heterocycles. The highest BCUT2D eigenvalue weighted by Crippen LogP contribution is 2.24. The fourth-order valence-electron chi connectivity index (χ4n) is 2.56. The Labute approximate surface area is 118 Å². The molecule has 1 N–H and O–H groups in total. The Morgan fingerprint density at radius 1 is 1.35 bits per heavy atom. The van der Waals surface area contributed by atoms with Crippen molar-refractivity contribution in [1.82, 2.24) is 4.90 Å². The van der Waals surface area contributed by atoms with E-state index < -0.39 is 12.0 Å². The molecule has 0 spiro atoms. The minimum absolute atomic E-state index is 0.217. The van der Waals surface area contributed by atoms with Crippen LogP contribution >= 0.6 is 0 Å². The Kier molecular flexibility index (Phi) is 4.09. The maximum absolute atomic E-state index is 12.6. The number of carbonyl (C=O) groups excluding carboxylic acids is 1. The maximum atomic E-state index is 12.6. The first kappa shape index (κ1) is 14.5. The molecule has 5 nitrogen and oxygen atoms in total. The summed E-state index contributed by atoms with van der Waals surface area (Å²) in [6.45, 7) is 4.13.